The molecule has 7 nitrogen and oxygen atoms in total. The number of hydrogen-bond acceptors (Lipinski definition) is 6. The zero-order chi connectivity index (χ0) is 27.9. The highest BCUT2D eigenvalue weighted by molar-refractivity contribution is 6.74. The number of hydrogen-bond donors (Lipinski definition) is 0. The predicted molar refractivity (Wildman–Crippen MR) is 146 cm³/mol. The van der Waals surface area contributed by atoms with Crippen LogP contribution in [0.15, 0.2) is 36.0 Å². The first-order valence-electron chi connectivity index (χ1n) is 12.6. The number of esters is 1. The molecule has 0 heterocycles. The number of carbonyl (C=O) groups excluding carboxylic acids is 3. The second-order valence-corrected chi connectivity index (χ2v) is 16.5. The average Bonchev–Trinajstić information content (AvgIpc) is 2.79. The van der Waals surface area contributed by atoms with Crippen LogP contribution in [0.2, 0.25) is 18.1 Å². The Balaban J connectivity index is 3.59. The lowest BCUT2D eigenvalue weighted by molar-refractivity contribution is -0.176. The molecule has 1 amide bonds. The minimum absolute atomic E-state index is 0.0374. The lowest BCUT2D eigenvalue weighted by Crippen LogP contribution is -2.48. The number of ketones is 1. The molecule has 0 fully saturated rings. The summed E-state index contributed by atoms with van der Waals surface area (Å²) in [5.41, 5.74) is 0.0220. The first-order chi connectivity index (χ1) is 16.5. The maximum Gasteiger partial charge on any atom is 0.316 e. The molecule has 0 saturated heterocycles. The minimum Gasteiger partial charge on any atom is -0.468 e. The molecule has 0 bridgehead atoms. The van der Waals surface area contributed by atoms with Crippen molar-refractivity contribution in [3.05, 3.63) is 36.0 Å². The van der Waals surface area contributed by atoms with Crippen LogP contribution in [0, 0.1) is 17.3 Å². The molecule has 0 N–H and O–H groups in total. The normalized spacial score (nSPS) is 27.2. The first-order valence-corrected chi connectivity index (χ1v) is 15.5. The van der Waals surface area contributed by atoms with Gasteiger partial charge in [0.1, 0.15) is 5.92 Å². The Bertz CT molecular complexity index is 881. The highest BCUT2D eigenvalue weighted by Crippen LogP contribution is 2.39. The topological polar surface area (TPSA) is 82.1 Å². The molecule has 0 radical (unpaired) electrons. The average molecular weight is 522 g/mol. The summed E-state index contributed by atoms with van der Waals surface area (Å²) in [4.78, 5) is 44.4. The molecule has 204 valence electrons. The second-order valence-electron chi connectivity index (χ2n) is 11.7. The van der Waals surface area contributed by atoms with Crippen molar-refractivity contribution < 1.29 is 28.4 Å². The van der Waals surface area contributed by atoms with Crippen molar-refractivity contribution >= 4 is 26.0 Å². The number of ether oxygens (including phenoxy) is 1. The number of allylic oxidation sites excluding steroid dienone is 5. The van der Waals surface area contributed by atoms with Gasteiger partial charge < -0.3 is 9.16 Å². The fourth-order valence-corrected chi connectivity index (χ4v) is 5.14. The van der Waals surface area contributed by atoms with Crippen molar-refractivity contribution in [2.75, 3.05) is 21.3 Å². The number of hydroxylamine groups is 2. The number of carbonyl (C=O) groups is 3. The van der Waals surface area contributed by atoms with Gasteiger partial charge in [0.2, 0.25) is 0 Å². The quantitative estimate of drug-likeness (QED) is 0.153. The highest BCUT2D eigenvalue weighted by Gasteiger charge is 2.42. The fourth-order valence-electron chi connectivity index (χ4n) is 3.87. The maximum atomic E-state index is 13.4. The molecular weight excluding hydrogens is 474 g/mol. The van der Waals surface area contributed by atoms with E-state index in [9.17, 15) is 14.4 Å². The summed E-state index contributed by atoms with van der Waals surface area (Å²) in [7, 11) is 2.16. The second kappa shape index (κ2) is 13.0. The van der Waals surface area contributed by atoms with E-state index in [1.54, 1.807) is 33.0 Å². The van der Waals surface area contributed by atoms with Gasteiger partial charge in [-0.3, -0.25) is 19.2 Å². The molecule has 36 heavy (non-hydrogen) atoms. The van der Waals surface area contributed by atoms with Crippen molar-refractivity contribution in [2.24, 2.45) is 17.3 Å². The molecule has 0 aromatic heterocycles. The summed E-state index contributed by atoms with van der Waals surface area (Å²) in [5, 5.41) is 1.22. The Labute approximate surface area is 219 Å². The molecule has 1 aliphatic rings. The lowest BCUT2D eigenvalue weighted by atomic mass is 9.78. The zero-order valence-corrected chi connectivity index (χ0v) is 25.1. The molecule has 2 unspecified atom stereocenters. The van der Waals surface area contributed by atoms with Gasteiger partial charge in [0.05, 0.1) is 26.2 Å². The molecular formula is C28H47NO6Si. The number of nitrogens with zero attached hydrogens (tertiary/aromatic N) is 1. The third kappa shape index (κ3) is 8.52. The molecule has 8 heteroatoms. The summed E-state index contributed by atoms with van der Waals surface area (Å²) in [6.07, 6.45) is 10.3. The van der Waals surface area contributed by atoms with E-state index >= 15 is 0 Å². The summed E-state index contributed by atoms with van der Waals surface area (Å²) >= 11 is 0. The van der Waals surface area contributed by atoms with Crippen LogP contribution in [-0.2, 0) is 28.4 Å². The molecule has 0 saturated carbocycles. The summed E-state index contributed by atoms with van der Waals surface area (Å²) in [5.74, 6) is -2.23. The molecule has 0 aromatic carbocycles. The van der Waals surface area contributed by atoms with Crippen molar-refractivity contribution in [3.63, 3.8) is 0 Å². The molecule has 0 spiro atoms. The Kier molecular flexibility index (Phi) is 11.5. The van der Waals surface area contributed by atoms with E-state index < -0.39 is 37.6 Å². The van der Waals surface area contributed by atoms with E-state index in [0.29, 0.717) is 12.8 Å². The van der Waals surface area contributed by atoms with E-state index in [0.717, 1.165) is 5.57 Å². The Morgan fingerprint density at radius 3 is 2.28 bits per heavy atom. The van der Waals surface area contributed by atoms with Crippen LogP contribution in [0.5, 0.6) is 0 Å². The van der Waals surface area contributed by atoms with Gasteiger partial charge in [-0.1, -0.05) is 56.7 Å². The van der Waals surface area contributed by atoms with Gasteiger partial charge in [-0.2, -0.15) is 0 Å². The zero-order valence-electron chi connectivity index (χ0n) is 24.1. The molecule has 0 aromatic rings. The SMILES string of the molecule is COC(=O)C1C/C(C)=C/CCC(C(=O)N(C)OC)[C@H](O[Si](C)(C)C(C)(C)C)/C=C/C=C\C(C)(C)C1=O. The van der Waals surface area contributed by atoms with E-state index in [-0.39, 0.29) is 23.1 Å². The monoisotopic (exact) mass is 521 g/mol. The third-order valence-corrected chi connectivity index (χ3v) is 11.9. The van der Waals surface area contributed by atoms with E-state index in [4.69, 9.17) is 14.0 Å². The Morgan fingerprint density at radius 1 is 1.14 bits per heavy atom. The Morgan fingerprint density at radius 2 is 1.75 bits per heavy atom. The van der Waals surface area contributed by atoms with Crippen LogP contribution in [-0.4, -0.2) is 58.4 Å². The maximum absolute atomic E-state index is 13.4. The van der Waals surface area contributed by atoms with Crippen LogP contribution >= 0.6 is 0 Å². The van der Waals surface area contributed by atoms with Crippen LogP contribution in [0.25, 0.3) is 0 Å². The van der Waals surface area contributed by atoms with Gasteiger partial charge in [0, 0.05) is 12.5 Å². The molecule has 1 aliphatic carbocycles. The number of rotatable bonds is 5. The minimum atomic E-state index is -2.22. The van der Waals surface area contributed by atoms with Crippen LogP contribution in [0.4, 0.5) is 0 Å². The first kappa shape index (κ1) is 32.0. The predicted octanol–water partition coefficient (Wildman–Crippen LogP) is 5.64. The van der Waals surface area contributed by atoms with Crippen LogP contribution in [0.1, 0.15) is 60.8 Å². The molecule has 0 aliphatic heterocycles. The van der Waals surface area contributed by atoms with Crippen molar-refractivity contribution in [2.45, 2.75) is 85.0 Å². The molecule has 3 atom stereocenters. The van der Waals surface area contributed by atoms with Gasteiger partial charge in [0.15, 0.2) is 14.1 Å². The van der Waals surface area contributed by atoms with Gasteiger partial charge in [0.25, 0.3) is 5.91 Å². The largest absolute Gasteiger partial charge is 0.468 e. The van der Waals surface area contributed by atoms with Crippen molar-refractivity contribution in [3.8, 4) is 0 Å². The van der Waals surface area contributed by atoms with E-state index in [2.05, 4.69) is 33.9 Å². The van der Waals surface area contributed by atoms with Gasteiger partial charge in [-0.15, -0.1) is 0 Å². The smallest absolute Gasteiger partial charge is 0.316 e. The van der Waals surface area contributed by atoms with Crippen LogP contribution < -0.4 is 0 Å². The fraction of sp³-hybridized carbons (Fsp3) is 0.679. The number of methoxy groups -OCH3 is 1. The van der Waals surface area contributed by atoms with Crippen molar-refractivity contribution in [1.29, 1.82) is 0 Å². The van der Waals surface area contributed by atoms with Gasteiger partial charge in [-0.25, -0.2) is 5.06 Å². The standard InChI is InChI=1S/C28H47NO6Si/c1-20-15-14-16-21(25(31)29(7)34-9)23(35-36(10,11)27(2,3)4)17-12-13-18-28(5,6)24(30)22(19-20)26(32)33-8/h12-13,15,17-18,21-23H,14,16,19H2,1-11H3/b17-12+,18-13-,20-15+/t21?,22?,23-/m1/s1. The van der Waals surface area contributed by atoms with E-state index in [1.165, 1.54) is 19.3 Å². The third-order valence-electron chi connectivity index (χ3n) is 7.39. The summed E-state index contributed by atoms with van der Waals surface area (Å²) in [6, 6.07) is 0. The molecule has 1 rings (SSSR count). The highest BCUT2D eigenvalue weighted by atomic mass is 28.4. The summed E-state index contributed by atoms with van der Waals surface area (Å²) in [6.45, 7) is 16.3. The van der Waals surface area contributed by atoms with E-state index in [1.807, 2.05) is 25.2 Å². The number of amides is 1. The summed E-state index contributed by atoms with van der Waals surface area (Å²) < 4.78 is 11.7. The Hall–Kier alpha value is -2.03. The van der Waals surface area contributed by atoms with Crippen LogP contribution in [0.3, 0.4) is 0 Å². The van der Waals surface area contributed by atoms with Gasteiger partial charge in [-0.05, 0) is 58.2 Å². The number of Topliss-reactive ketones (excluding diaryl/α,β-unsaturated/α-hetero) is 1. The lowest BCUT2D eigenvalue weighted by Gasteiger charge is -2.40. The van der Waals surface area contributed by atoms with Gasteiger partial charge >= 0.3 is 5.97 Å². The van der Waals surface area contributed by atoms with Crippen molar-refractivity contribution in [1.82, 2.24) is 5.06 Å².